The quantitative estimate of drug-likeness (QED) is 0.472. The number of carbonyl (C=O) groups is 1. The largest absolute Gasteiger partial charge is 0.381 e. The summed E-state index contributed by atoms with van der Waals surface area (Å²) in [7, 11) is -3.60. The van der Waals surface area contributed by atoms with E-state index in [9.17, 15) is 23.3 Å². The molecule has 2 aromatic rings. The number of aryl methyl sites for hydroxylation is 2. The fraction of sp³-hybridized carbons (Fsp3) is 0.500. The lowest BCUT2D eigenvalue weighted by Gasteiger charge is -2.34. The van der Waals surface area contributed by atoms with Crippen molar-refractivity contribution in [3.63, 3.8) is 0 Å². The van der Waals surface area contributed by atoms with Crippen molar-refractivity contribution in [2.75, 3.05) is 26.2 Å². The molecule has 2 heterocycles. The molecular weight excluding hydrogens is 422 g/mol. The van der Waals surface area contributed by atoms with Gasteiger partial charge in [-0.3, -0.25) is 4.79 Å². The summed E-state index contributed by atoms with van der Waals surface area (Å²) in [5.41, 5.74) is 1.08. The molecule has 3 rings (SSSR count). The number of aromatic nitrogens is 2. The third-order valence-corrected chi connectivity index (χ3v) is 7.41. The van der Waals surface area contributed by atoms with Crippen molar-refractivity contribution >= 4 is 21.7 Å². The highest BCUT2D eigenvalue weighted by molar-refractivity contribution is 7.89. The van der Waals surface area contributed by atoms with Crippen LogP contribution in [-0.2, 0) is 21.4 Å². The van der Waals surface area contributed by atoms with Gasteiger partial charge in [-0.25, -0.2) is 8.42 Å². The molecule has 0 spiro atoms. The molecule has 0 radical (unpaired) electrons. The van der Waals surface area contributed by atoms with Gasteiger partial charge in [-0.1, -0.05) is 26.0 Å². The van der Waals surface area contributed by atoms with Crippen LogP contribution >= 0.6 is 0 Å². The van der Waals surface area contributed by atoms with Crippen LogP contribution in [0.2, 0.25) is 0 Å². The number of benzene rings is 1. The van der Waals surface area contributed by atoms with Crippen molar-refractivity contribution in [2.24, 2.45) is 0 Å². The van der Waals surface area contributed by atoms with E-state index in [1.807, 2.05) is 12.1 Å². The van der Waals surface area contributed by atoms with E-state index in [1.165, 1.54) is 10.5 Å². The Balaban J connectivity index is 1.56. The van der Waals surface area contributed by atoms with Crippen LogP contribution < -0.4 is 0 Å². The molecule has 1 fully saturated rings. The molecular formula is C20H27N5O5S. The summed E-state index contributed by atoms with van der Waals surface area (Å²) in [5.74, 6) is 0.432. The number of hydrogen-bond acceptors (Lipinski definition) is 6. The van der Waals surface area contributed by atoms with Gasteiger partial charge in [0, 0.05) is 46.1 Å². The zero-order valence-corrected chi connectivity index (χ0v) is 18.7. The number of piperazine rings is 1. The lowest BCUT2D eigenvalue weighted by atomic mass is 10.0. The highest BCUT2D eigenvalue weighted by atomic mass is 32.2. The van der Waals surface area contributed by atoms with E-state index >= 15 is 0 Å². The Kier molecular flexibility index (Phi) is 6.75. The van der Waals surface area contributed by atoms with Crippen LogP contribution in [0.15, 0.2) is 35.4 Å². The molecule has 0 atom stereocenters. The maximum atomic E-state index is 12.9. The highest BCUT2D eigenvalue weighted by Gasteiger charge is 2.30. The highest BCUT2D eigenvalue weighted by Crippen LogP contribution is 2.21. The fourth-order valence-corrected chi connectivity index (χ4v) is 4.95. The minimum absolute atomic E-state index is 0.117. The second-order valence-electron chi connectivity index (χ2n) is 7.86. The normalized spacial score (nSPS) is 15.4. The maximum absolute atomic E-state index is 12.9. The van der Waals surface area contributed by atoms with Gasteiger partial charge < -0.3 is 19.6 Å². The number of carbonyl (C=O) groups excluding carboxylic acids is 1. The van der Waals surface area contributed by atoms with Gasteiger partial charge in [-0.15, -0.1) is 0 Å². The maximum Gasteiger partial charge on any atom is 0.381 e. The summed E-state index contributed by atoms with van der Waals surface area (Å²) in [4.78, 5) is 28.5. The molecule has 11 heteroatoms. The molecule has 0 N–H and O–H groups in total. The molecule has 0 unspecified atom stereocenters. The van der Waals surface area contributed by atoms with E-state index in [0.717, 1.165) is 5.56 Å². The van der Waals surface area contributed by atoms with E-state index < -0.39 is 14.9 Å². The van der Waals surface area contributed by atoms with Gasteiger partial charge in [0.1, 0.15) is 6.20 Å². The predicted molar refractivity (Wildman–Crippen MR) is 114 cm³/mol. The zero-order valence-electron chi connectivity index (χ0n) is 17.9. The van der Waals surface area contributed by atoms with Gasteiger partial charge >= 0.3 is 5.82 Å². The zero-order chi connectivity index (χ0) is 22.8. The second kappa shape index (κ2) is 9.15. The van der Waals surface area contributed by atoms with Gasteiger partial charge in [0.25, 0.3) is 0 Å². The Morgan fingerprint density at radius 3 is 2.29 bits per heavy atom. The number of hydrogen-bond donors (Lipinski definition) is 0. The van der Waals surface area contributed by atoms with Crippen LogP contribution in [0.1, 0.15) is 37.6 Å². The minimum atomic E-state index is -3.60. The average molecular weight is 450 g/mol. The molecule has 1 amide bonds. The fourth-order valence-electron chi connectivity index (χ4n) is 3.53. The Hall–Kier alpha value is -2.79. The van der Waals surface area contributed by atoms with E-state index in [2.05, 4.69) is 18.8 Å². The first-order valence-electron chi connectivity index (χ1n) is 10.2. The molecule has 0 bridgehead atoms. The summed E-state index contributed by atoms with van der Waals surface area (Å²) < 4.78 is 28.8. The lowest BCUT2D eigenvalue weighted by Crippen LogP contribution is -2.50. The van der Waals surface area contributed by atoms with Crippen molar-refractivity contribution < 1.29 is 18.1 Å². The van der Waals surface area contributed by atoms with Gasteiger partial charge in [-0.05, 0) is 33.5 Å². The molecule has 0 saturated carbocycles. The second-order valence-corrected chi connectivity index (χ2v) is 9.79. The predicted octanol–water partition coefficient (Wildman–Crippen LogP) is 2.15. The van der Waals surface area contributed by atoms with Gasteiger partial charge in [0.15, 0.2) is 0 Å². The van der Waals surface area contributed by atoms with Crippen LogP contribution in [0, 0.1) is 17.0 Å². The third-order valence-electron chi connectivity index (χ3n) is 5.49. The van der Waals surface area contributed by atoms with E-state index in [-0.39, 0.29) is 42.7 Å². The minimum Gasteiger partial charge on any atom is -0.358 e. The summed E-state index contributed by atoms with van der Waals surface area (Å²) in [6.07, 6.45) is 1.48. The first-order chi connectivity index (χ1) is 14.6. The van der Waals surface area contributed by atoms with Gasteiger partial charge in [-0.2, -0.15) is 4.31 Å². The number of nitrogens with zero attached hydrogens (tertiary/aromatic N) is 5. The Labute approximate surface area is 181 Å². The monoisotopic (exact) mass is 449 g/mol. The first-order valence-corrected chi connectivity index (χ1v) is 11.6. The number of sulfonamides is 1. The molecule has 1 saturated heterocycles. The standard InChI is InChI=1S/C20H27N5O5S/c1-15(2)17-4-6-18(7-5-17)31(29,30)24-12-10-22(11-13-24)20(26)8-9-23-14-19(25(27)28)21-16(23)3/h4-7,14-15H,8-13H2,1-3H3. The molecule has 31 heavy (non-hydrogen) atoms. The molecule has 1 aromatic heterocycles. The molecule has 10 nitrogen and oxygen atoms in total. The van der Waals surface area contributed by atoms with Crippen LogP contribution in [0.5, 0.6) is 0 Å². The van der Waals surface area contributed by atoms with Gasteiger partial charge in [0.05, 0.1) is 4.90 Å². The number of nitro groups is 1. The van der Waals surface area contributed by atoms with Crippen molar-refractivity contribution in [1.82, 2.24) is 18.8 Å². The van der Waals surface area contributed by atoms with E-state index in [0.29, 0.717) is 24.8 Å². The summed E-state index contributed by atoms with van der Waals surface area (Å²) in [6, 6.07) is 6.93. The summed E-state index contributed by atoms with van der Waals surface area (Å²) >= 11 is 0. The Morgan fingerprint density at radius 1 is 1.16 bits per heavy atom. The molecule has 1 aromatic carbocycles. The van der Waals surface area contributed by atoms with Crippen molar-refractivity contribution in [2.45, 2.75) is 44.6 Å². The SMILES string of the molecule is Cc1nc([N+](=O)[O-])cn1CCC(=O)N1CCN(S(=O)(=O)c2ccc(C(C)C)cc2)CC1. The van der Waals surface area contributed by atoms with E-state index in [4.69, 9.17) is 0 Å². The van der Waals surface area contributed by atoms with Gasteiger partial charge in [0.2, 0.25) is 21.8 Å². The smallest absolute Gasteiger partial charge is 0.358 e. The number of imidazole rings is 1. The number of rotatable bonds is 7. The van der Waals surface area contributed by atoms with Crippen molar-refractivity contribution in [1.29, 1.82) is 0 Å². The molecule has 168 valence electrons. The summed E-state index contributed by atoms with van der Waals surface area (Å²) in [5, 5.41) is 10.8. The van der Waals surface area contributed by atoms with Crippen LogP contribution in [0.25, 0.3) is 0 Å². The van der Waals surface area contributed by atoms with Crippen molar-refractivity contribution in [3.05, 3.63) is 52.0 Å². The molecule has 1 aliphatic rings. The third kappa shape index (κ3) is 5.10. The van der Waals surface area contributed by atoms with Crippen LogP contribution in [-0.4, -0.2) is 64.2 Å². The summed E-state index contributed by atoms with van der Waals surface area (Å²) in [6.45, 7) is 7.12. The lowest BCUT2D eigenvalue weighted by molar-refractivity contribution is -0.389. The average Bonchev–Trinajstić information content (AvgIpc) is 3.13. The number of amides is 1. The van der Waals surface area contributed by atoms with Crippen LogP contribution in [0.4, 0.5) is 5.82 Å². The van der Waals surface area contributed by atoms with Crippen LogP contribution in [0.3, 0.4) is 0 Å². The molecule has 1 aliphatic heterocycles. The first kappa shape index (κ1) is 22.9. The van der Waals surface area contributed by atoms with Crippen molar-refractivity contribution in [3.8, 4) is 0 Å². The Bertz CT molecular complexity index is 1050. The molecule has 0 aliphatic carbocycles. The topological polar surface area (TPSA) is 119 Å². The Morgan fingerprint density at radius 2 is 1.77 bits per heavy atom. The van der Waals surface area contributed by atoms with E-state index in [1.54, 1.807) is 28.5 Å².